The number of ether oxygens (including phenoxy) is 1. The third kappa shape index (κ3) is 3.74. The number of phenols is 1. The Labute approximate surface area is 98.9 Å². The van der Waals surface area contributed by atoms with Crippen molar-refractivity contribution >= 4 is 23.5 Å². The fourth-order valence-electron chi connectivity index (χ4n) is 1.08. The van der Waals surface area contributed by atoms with E-state index in [0.717, 1.165) is 5.56 Å². The van der Waals surface area contributed by atoms with E-state index in [1.807, 2.05) is 6.92 Å². The van der Waals surface area contributed by atoms with Crippen molar-refractivity contribution in [2.24, 2.45) is 5.73 Å². The van der Waals surface area contributed by atoms with Crippen LogP contribution in [0.25, 0.3) is 0 Å². The minimum absolute atomic E-state index is 0.112. The second-order valence-electron chi connectivity index (χ2n) is 2.94. The molecule has 0 saturated carbocycles. The summed E-state index contributed by atoms with van der Waals surface area (Å²) in [6.45, 7) is 2.35. The number of hydrazone groups is 1. The van der Waals surface area contributed by atoms with E-state index in [0.29, 0.717) is 12.4 Å². The topological polar surface area (TPSA) is 81.5 Å². The highest BCUT2D eigenvalue weighted by Gasteiger charge is 2.03. The Balaban J connectivity index is 2.77. The maximum absolute atomic E-state index is 9.46. The van der Waals surface area contributed by atoms with Gasteiger partial charge in [-0.15, -0.1) is 10.5 Å². The summed E-state index contributed by atoms with van der Waals surface area (Å²) in [6, 6.07) is 4.98. The van der Waals surface area contributed by atoms with E-state index in [-0.39, 0.29) is 10.9 Å². The monoisotopic (exact) mass is 240 g/mol. The van der Waals surface area contributed by atoms with Gasteiger partial charge < -0.3 is 15.6 Å². The van der Waals surface area contributed by atoms with Crippen molar-refractivity contribution in [1.29, 1.82) is 0 Å². The lowest BCUT2D eigenvalue weighted by atomic mass is 10.2. The van der Waals surface area contributed by atoms with E-state index in [4.69, 9.17) is 10.5 Å². The van der Waals surface area contributed by atoms with Crippen molar-refractivity contribution in [1.82, 2.24) is 5.43 Å². The first-order valence-electron chi connectivity index (χ1n) is 4.73. The quantitative estimate of drug-likeness (QED) is 0.309. The molecule has 86 valence electrons. The molecule has 0 saturated heterocycles. The molecule has 0 aromatic heterocycles. The van der Waals surface area contributed by atoms with E-state index in [9.17, 15) is 5.11 Å². The van der Waals surface area contributed by atoms with Crippen molar-refractivity contribution in [2.45, 2.75) is 6.92 Å². The average molecular weight is 240 g/mol. The summed E-state index contributed by atoms with van der Waals surface area (Å²) in [6.07, 6.45) is 1.65. The number of rotatable bonds is 4. The molecule has 0 radical (unpaired) electrons. The van der Waals surface area contributed by atoms with Crippen LogP contribution in [0, 0.1) is 0 Å². The fraction of sp³-hybridized carbons (Fsp3) is 0.200. The lowest BCUT2D eigenvalue weighted by molar-refractivity contribution is -0.499. The number of hydrogen-bond donors (Lipinski definition) is 4. The van der Waals surface area contributed by atoms with Gasteiger partial charge in [-0.3, -0.25) is 0 Å². The van der Waals surface area contributed by atoms with Crippen LogP contribution in [0.4, 0.5) is 0 Å². The van der Waals surface area contributed by atoms with Crippen LogP contribution in [0.2, 0.25) is 0 Å². The Bertz CT molecular complexity index is 407. The SMILES string of the molecule is CCOc1cc(C=[NH+]NC(N)=S)ccc1O. The molecule has 0 unspecified atom stereocenters. The van der Waals surface area contributed by atoms with Crippen molar-refractivity contribution in [2.75, 3.05) is 6.61 Å². The molecule has 1 rings (SSSR count). The maximum Gasteiger partial charge on any atom is 0.221 e. The number of benzene rings is 1. The standard InChI is InChI=1S/C10H13N3O2S/c1-2-15-9-5-7(3-4-8(9)14)6-12-13-10(11)16/h3-6,14H,2H2,1H3,(H3,11,13,16)/p+1. The van der Waals surface area contributed by atoms with E-state index in [2.05, 4.69) is 22.7 Å². The van der Waals surface area contributed by atoms with Crippen molar-refractivity contribution < 1.29 is 14.9 Å². The lowest BCUT2D eigenvalue weighted by Gasteiger charge is -2.04. The van der Waals surface area contributed by atoms with Gasteiger partial charge in [0.1, 0.15) is 0 Å². The third-order valence-electron chi connectivity index (χ3n) is 1.72. The Morgan fingerprint density at radius 1 is 1.69 bits per heavy atom. The van der Waals surface area contributed by atoms with Gasteiger partial charge in [-0.05, 0) is 37.3 Å². The van der Waals surface area contributed by atoms with Crippen LogP contribution in [-0.4, -0.2) is 23.0 Å². The van der Waals surface area contributed by atoms with Gasteiger partial charge in [0.05, 0.1) is 6.61 Å². The molecule has 5 N–H and O–H groups in total. The first-order valence-corrected chi connectivity index (χ1v) is 5.14. The summed E-state index contributed by atoms with van der Waals surface area (Å²) in [5.41, 5.74) is 8.62. The Hall–Kier alpha value is -1.82. The molecule has 5 nitrogen and oxygen atoms in total. The number of nitrogens with one attached hydrogen (secondary N) is 2. The highest BCUT2D eigenvalue weighted by Crippen LogP contribution is 2.25. The van der Waals surface area contributed by atoms with Crippen LogP contribution < -0.4 is 21.0 Å². The van der Waals surface area contributed by atoms with Gasteiger partial charge in [0, 0.05) is 5.56 Å². The number of hydrogen-bond acceptors (Lipinski definition) is 3. The highest BCUT2D eigenvalue weighted by molar-refractivity contribution is 7.80. The molecule has 0 aliphatic heterocycles. The van der Waals surface area contributed by atoms with E-state index in [1.54, 1.807) is 24.4 Å². The van der Waals surface area contributed by atoms with Crippen molar-refractivity contribution in [3.8, 4) is 11.5 Å². The molecule has 1 aromatic rings. The molecule has 6 heteroatoms. The molecule has 1 aromatic carbocycles. The van der Waals surface area contributed by atoms with Crippen LogP contribution >= 0.6 is 12.2 Å². The molecule has 16 heavy (non-hydrogen) atoms. The third-order valence-corrected chi connectivity index (χ3v) is 1.82. The molecule has 0 atom stereocenters. The summed E-state index contributed by atoms with van der Waals surface area (Å²) >= 11 is 4.62. The number of thiocarbonyl (C=S) groups is 1. The zero-order valence-corrected chi connectivity index (χ0v) is 9.67. The molecular weight excluding hydrogens is 226 g/mol. The predicted octanol–water partition coefficient (Wildman–Crippen LogP) is -0.961. The smallest absolute Gasteiger partial charge is 0.221 e. The van der Waals surface area contributed by atoms with E-state index < -0.39 is 0 Å². The van der Waals surface area contributed by atoms with Crippen LogP contribution in [0.15, 0.2) is 18.2 Å². The van der Waals surface area contributed by atoms with Crippen LogP contribution in [0.3, 0.4) is 0 Å². The van der Waals surface area contributed by atoms with Crippen LogP contribution in [-0.2, 0) is 0 Å². The Morgan fingerprint density at radius 2 is 2.44 bits per heavy atom. The van der Waals surface area contributed by atoms with Gasteiger partial charge in [-0.2, -0.15) is 0 Å². The van der Waals surface area contributed by atoms with E-state index >= 15 is 0 Å². The van der Waals surface area contributed by atoms with Gasteiger partial charge in [0.15, 0.2) is 17.7 Å². The van der Waals surface area contributed by atoms with Gasteiger partial charge in [0.25, 0.3) is 0 Å². The highest BCUT2D eigenvalue weighted by atomic mass is 32.1. The van der Waals surface area contributed by atoms with Gasteiger partial charge in [-0.1, -0.05) is 0 Å². The summed E-state index contributed by atoms with van der Waals surface area (Å²) in [5, 5.41) is 12.3. The minimum Gasteiger partial charge on any atom is -0.504 e. The lowest BCUT2D eigenvalue weighted by Crippen LogP contribution is -2.82. The number of nitrogens with two attached hydrogens (primary N) is 1. The van der Waals surface area contributed by atoms with Gasteiger partial charge in [0.2, 0.25) is 5.11 Å². The largest absolute Gasteiger partial charge is 0.504 e. The summed E-state index contributed by atoms with van der Waals surface area (Å²) in [4.78, 5) is 0. The molecule has 0 amide bonds. The summed E-state index contributed by atoms with van der Waals surface area (Å²) in [7, 11) is 0. The van der Waals surface area contributed by atoms with E-state index in [1.165, 1.54) is 0 Å². The fourth-order valence-corrected chi connectivity index (χ4v) is 1.14. The van der Waals surface area contributed by atoms with Crippen LogP contribution in [0.1, 0.15) is 12.5 Å². The maximum atomic E-state index is 9.46. The molecule has 0 aliphatic rings. The average Bonchev–Trinajstić information content (AvgIpc) is 2.22. The molecule has 0 bridgehead atoms. The van der Waals surface area contributed by atoms with Gasteiger partial charge >= 0.3 is 0 Å². The Kier molecular flexibility index (Phi) is 4.53. The second kappa shape index (κ2) is 5.92. The summed E-state index contributed by atoms with van der Waals surface area (Å²) < 4.78 is 5.24. The summed E-state index contributed by atoms with van der Waals surface area (Å²) in [5.74, 6) is 0.551. The molecule has 0 aliphatic carbocycles. The zero-order chi connectivity index (χ0) is 12.0. The first-order chi connectivity index (χ1) is 7.63. The van der Waals surface area contributed by atoms with Crippen LogP contribution in [0.5, 0.6) is 11.5 Å². The van der Waals surface area contributed by atoms with Crippen molar-refractivity contribution in [3.63, 3.8) is 0 Å². The van der Waals surface area contributed by atoms with Crippen molar-refractivity contribution in [3.05, 3.63) is 23.8 Å². The molecule has 0 fully saturated rings. The normalized spacial score (nSPS) is 10.3. The predicted molar refractivity (Wildman–Crippen MR) is 65.3 cm³/mol. The zero-order valence-electron chi connectivity index (χ0n) is 8.86. The second-order valence-corrected chi connectivity index (χ2v) is 3.38. The molecule has 0 heterocycles. The minimum atomic E-state index is 0.112. The number of hydrazine groups is 1. The number of aromatic hydroxyl groups is 1. The Morgan fingerprint density at radius 3 is 3.06 bits per heavy atom. The molecular formula is C10H14N3O2S+. The first kappa shape index (κ1) is 12.3. The molecule has 0 spiro atoms. The van der Waals surface area contributed by atoms with Gasteiger partial charge in [-0.25, -0.2) is 0 Å². The number of phenolic OH excluding ortho intramolecular Hbond substituents is 1.